The fraction of sp³-hybridized carbons (Fsp3) is 0.0909. The summed E-state index contributed by atoms with van der Waals surface area (Å²) in [4.78, 5) is 0. The van der Waals surface area contributed by atoms with Gasteiger partial charge in [0, 0.05) is 0 Å². The second kappa shape index (κ2) is 4.48. The molecule has 2 aromatic rings. The Morgan fingerprint density at radius 1 is 0.923 bits per heavy atom. The third-order valence-electron chi connectivity index (χ3n) is 2.07. The Bertz CT molecular complexity index is 393. The van der Waals surface area contributed by atoms with Gasteiger partial charge in [0.15, 0.2) is 0 Å². The molecule has 0 saturated heterocycles. The summed E-state index contributed by atoms with van der Waals surface area (Å²) in [5, 5.41) is 2.43. The van der Waals surface area contributed by atoms with E-state index in [2.05, 4.69) is 18.2 Å². The van der Waals surface area contributed by atoms with Gasteiger partial charge < -0.3 is 5.73 Å². The Morgan fingerprint density at radius 3 is 2.38 bits per heavy atom. The molecule has 0 bridgehead atoms. The maximum atomic E-state index is 7.33. The second-order valence-corrected chi connectivity index (χ2v) is 2.82. The van der Waals surface area contributed by atoms with Crippen LogP contribution in [0.1, 0.15) is 5.56 Å². The molecule has 13 heavy (non-hydrogen) atoms. The van der Waals surface area contributed by atoms with E-state index in [1.54, 1.807) is 0 Å². The molecule has 0 aliphatic carbocycles. The quantitative estimate of drug-likeness (QED) is 0.543. The third-order valence-corrected chi connectivity index (χ3v) is 2.07. The van der Waals surface area contributed by atoms with E-state index in [0.29, 0.717) is 6.54 Å². The van der Waals surface area contributed by atoms with Gasteiger partial charge in [0.2, 0.25) is 0 Å². The molecule has 0 heterocycles. The van der Waals surface area contributed by atoms with Gasteiger partial charge in [-0.25, -0.2) is 0 Å². The first kappa shape index (κ1) is 10.3. The van der Waals surface area contributed by atoms with Crippen molar-refractivity contribution < 1.29 is 18.9 Å². The number of nitrogens with one attached hydrogen (secondary N) is 1. The first-order valence-corrected chi connectivity index (χ1v) is 4.03. The number of hydrogen-bond acceptors (Lipinski definition) is 0. The van der Waals surface area contributed by atoms with E-state index >= 15 is 0 Å². The molecule has 0 fully saturated rings. The summed E-state index contributed by atoms with van der Waals surface area (Å²) in [6.45, 7) is 0.362. The van der Waals surface area contributed by atoms with Gasteiger partial charge >= 0.3 is 18.9 Å². The topological polar surface area (TPSA) is 23.8 Å². The average Bonchev–Trinajstić information content (AvgIpc) is 2.17. The molecule has 2 aromatic carbocycles. The van der Waals surface area contributed by atoms with E-state index in [9.17, 15) is 0 Å². The van der Waals surface area contributed by atoms with Gasteiger partial charge in [0.05, 0.1) is 0 Å². The molecule has 1 N–H and O–H groups in total. The molecule has 2 rings (SSSR count). The van der Waals surface area contributed by atoms with Crippen molar-refractivity contribution in [2.75, 3.05) is 0 Å². The Labute approximate surface area is 90.1 Å². The van der Waals surface area contributed by atoms with E-state index in [0.717, 1.165) is 5.56 Å². The van der Waals surface area contributed by atoms with Crippen molar-refractivity contribution in [3.63, 3.8) is 0 Å². The molecule has 0 radical (unpaired) electrons. The van der Waals surface area contributed by atoms with Gasteiger partial charge in [-0.3, -0.25) is 0 Å². The summed E-state index contributed by atoms with van der Waals surface area (Å²) >= 11 is 0. The molecule has 0 saturated carbocycles. The van der Waals surface area contributed by atoms with Crippen molar-refractivity contribution >= 4 is 10.8 Å². The Balaban J connectivity index is 0.000000845. The largest absolute Gasteiger partial charge is 1.00 e. The molecule has 0 amide bonds. The van der Waals surface area contributed by atoms with Crippen molar-refractivity contribution in [3.8, 4) is 0 Å². The van der Waals surface area contributed by atoms with Gasteiger partial charge in [0.1, 0.15) is 0 Å². The summed E-state index contributed by atoms with van der Waals surface area (Å²) in [6.07, 6.45) is 0. The predicted molar refractivity (Wildman–Crippen MR) is 52.0 cm³/mol. The zero-order valence-corrected chi connectivity index (χ0v) is 7.75. The van der Waals surface area contributed by atoms with Gasteiger partial charge in [0.25, 0.3) is 0 Å². The number of benzene rings is 2. The van der Waals surface area contributed by atoms with Crippen LogP contribution in [0, 0.1) is 0 Å². The first-order valence-electron chi connectivity index (χ1n) is 4.03. The van der Waals surface area contributed by atoms with E-state index < -0.39 is 0 Å². The Hall–Kier alpha value is -0.743. The zero-order valence-electron chi connectivity index (χ0n) is 7.75. The van der Waals surface area contributed by atoms with Crippen LogP contribution in [0.5, 0.6) is 0 Å². The average molecular weight is 163 g/mol. The minimum Gasteiger partial charge on any atom is -0.674 e. The zero-order chi connectivity index (χ0) is 8.39. The molecular weight excluding hydrogens is 153 g/mol. The summed E-state index contributed by atoms with van der Waals surface area (Å²) < 4.78 is 0. The SMILES string of the molecule is [Li+].[NH-]Cc1cccc2ccccc12. The number of hydrogen-bond donors (Lipinski definition) is 0. The smallest absolute Gasteiger partial charge is 0.674 e. The van der Waals surface area contributed by atoms with E-state index in [1.165, 1.54) is 10.8 Å². The van der Waals surface area contributed by atoms with E-state index in [4.69, 9.17) is 5.73 Å². The molecule has 0 aromatic heterocycles. The van der Waals surface area contributed by atoms with Crippen LogP contribution in [-0.4, -0.2) is 0 Å². The van der Waals surface area contributed by atoms with Crippen LogP contribution in [0.4, 0.5) is 0 Å². The normalized spacial score (nSPS) is 9.62. The molecule has 0 aliphatic rings. The molecule has 0 spiro atoms. The van der Waals surface area contributed by atoms with E-state index in [-0.39, 0.29) is 18.9 Å². The standard InChI is InChI=1S/C11H10N.Li/c12-8-10-6-3-5-9-4-1-2-7-11(9)10;/h1-7,12H,8H2;/q-1;+1. The van der Waals surface area contributed by atoms with Crippen molar-refractivity contribution in [2.45, 2.75) is 6.54 Å². The second-order valence-electron chi connectivity index (χ2n) is 2.82. The molecule has 0 aliphatic heterocycles. The maximum Gasteiger partial charge on any atom is 1.00 e. The maximum absolute atomic E-state index is 7.33. The van der Waals surface area contributed by atoms with Crippen molar-refractivity contribution in [2.24, 2.45) is 0 Å². The van der Waals surface area contributed by atoms with Gasteiger partial charge in [-0.15, -0.1) is 6.54 Å². The molecule has 2 heteroatoms. The fourth-order valence-electron chi connectivity index (χ4n) is 1.45. The number of rotatable bonds is 1. The molecular formula is C11H10LiN. The molecule has 0 atom stereocenters. The molecule has 0 unspecified atom stereocenters. The van der Waals surface area contributed by atoms with Crippen LogP contribution in [-0.2, 0) is 6.54 Å². The van der Waals surface area contributed by atoms with Crippen LogP contribution < -0.4 is 18.9 Å². The van der Waals surface area contributed by atoms with Crippen molar-refractivity contribution in [3.05, 3.63) is 53.8 Å². The molecule has 1 nitrogen and oxygen atoms in total. The van der Waals surface area contributed by atoms with Gasteiger partial charge in [-0.05, 0) is 10.8 Å². The van der Waals surface area contributed by atoms with Crippen LogP contribution in [0.15, 0.2) is 42.5 Å². The Kier molecular flexibility index (Phi) is 3.56. The van der Waals surface area contributed by atoms with Crippen LogP contribution >= 0.6 is 0 Å². The number of fused-ring (bicyclic) bond motifs is 1. The van der Waals surface area contributed by atoms with Crippen LogP contribution in [0.3, 0.4) is 0 Å². The predicted octanol–water partition coefficient (Wildman–Crippen LogP) is 0.396. The summed E-state index contributed by atoms with van der Waals surface area (Å²) in [7, 11) is 0. The van der Waals surface area contributed by atoms with E-state index in [1.807, 2.05) is 24.3 Å². The van der Waals surface area contributed by atoms with Crippen molar-refractivity contribution in [1.29, 1.82) is 0 Å². The fourth-order valence-corrected chi connectivity index (χ4v) is 1.45. The van der Waals surface area contributed by atoms with Crippen molar-refractivity contribution in [1.82, 2.24) is 0 Å². The van der Waals surface area contributed by atoms with Gasteiger partial charge in [-0.2, -0.15) is 0 Å². The molecule has 60 valence electrons. The minimum absolute atomic E-state index is 0. The summed E-state index contributed by atoms with van der Waals surface area (Å²) in [5.41, 5.74) is 8.43. The third kappa shape index (κ3) is 1.95. The van der Waals surface area contributed by atoms with Crippen LogP contribution in [0.2, 0.25) is 0 Å². The monoisotopic (exact) mass is 163 g/mol. The minimum atomic E-state index is 0. The first-order chi connectivity index (χ1) is 5.92. The summed E-state index contributed by atoms with van der Waals surface area (Å²) in [6, 6.07) is 14.3. The van der Waals surface area contributed by atoms with Crippen LogP contribution in [0.25, 0.3) is 16.5 Å². The Morgan fingerprint density at radius 2 is 1.62 bits per heavy atom. The van der Waals surface area contributed by atoms with Gasteiger partial charge in [-0.1, -0.05) is 48.0 Å². The summed E-state index contributed by atoms with van der Waals surface area (Å²) in [5.74, 6) is 0.